The van der Waals surface area contributed by atoms with Crippen LogP contribution in [0.25, 0.3) is 10.9 Å². The molecule has 6 heteroatoms. The van der Waals surface area contributed by atoms with Crippen LogP contribution in [0.1, 0.15) is 29.3 Å². The number of hydrogen-bond donors (Lipinski definition) is 2. The molecule has 1 amide bonds. The Kier molecular flexibility index (Phi) is 5.19. The topological polar surface area (TPSA) is 75.6 Å². The van der Waals surface area contributed by atoms with Gasteiger partial charge < -0.3 is 10.3 Å². The van der Waals surface area contributed by atoms with Gasteiger partial charge in [-0.15, -0.1) is 0 Å². The van der Waals surface area contributed by atoms with E-state index in [9.17, 15) is 4.79 Å². The number of benzene rings is 2. The van der Waals surface area contributed by atoms with Crippen LogP contribution in [0.3, 0.4) is 0 Å². The minimum absolute atomic E-state index is 0.0142. The van der Waals surface area contributed by atoms with Gasteiger partial charge in [-0.05, 0) is 30.5 Å². The van der Waals surface area contributed by atoms with Crippen LogP contribution in [-0.2, 0) is 17.8 Å². The number of H-pyrrole nitrogens is 1. The monoisotopic (exact) mass is 373 g/mol. The second-order valence-corrected chi connectivity index (χ2v) is 6.93. The van der Waals surface area contributed by atoms with E-state index in [-0.39, 0.29) is 11.9 Å². The molecule has 0 aliphatic heterocycles. The van der Waals surface area contributed by atoms with Gasteiger partial charge in [-0.3, -0.25) is 9.48 Å². The standard InChI is InChI=1S/C22H23N5O/c1-16-19(18-9-5-6-10-21(18)25-16)13-22(28)26-20(17-7-3-2-4-8-17)11-12-27-15-23-14-24-27/h2-10,14-15,20,25H,11-13H2,1H3,(H,26,28)/t20-/m0/s1. The molecule has 2 heterocycles. The predicted octanol–water partition coefficient (Wildman–Crippen LogP) is 3.56. The SMILES string of the molecule is Cc1[nH]c2ccccc2c1CC(=O)N[C@@H](CCn1cncn1)c1ccccc1. The number of carbonyl (C=O) groups is 1. The van der Waals surface area contributed by atoms with E-state index < -0.39 is 0 Å². The zero-order valence-corrected chi connectivity index (χ0v) is 15.8. The summed E-state index contributed by atoms with van der Waals surface area (Å²) in [5, 5.41) is 8.47. The van der Waals surface area contributed by atoms with Crippen molar-refractivity contribution in [2.24, 2.45) is 0 Å². The number of aromatic amines is 1. The highest BCUT2D eigenvalue weighted by atomic mass is 16.1. The number of nitrogens with zero attached hydrogens (tertiary/aromatic N) is 3. The van der Waals surface area contributed by atoms with E-state index in [0.29, 0.717) is 13.0 Å². The third-order valence-corrected chi connectivity index (χ3v) is 5.01. The van der Waals surface area contributed by atoms with Crippen LogP contribution in [-0.4, -0.2) is 25.7 Å². The quantitative estimate of drug-likeness (QED) is 0.520. The largest absolute Gasteiger partial charge is 0.358 e. The average Bonchev–Trinajstić information content (AvgIpc) is 3.34. The Bertz CT molecular complexity index is 1050. The van der Waals surface area contributed by atoms with E-state index in [1.54, 1.807) is 11.0 Å². The van der Waals surface area contributed by atoms with Crippen LogP contribution >= 0.6 is 0 Å². The second-order valence-electron chi connectivity index (χ2n) is 6.93. The molecular weight excluding hydrogens is 350 g/mol. The summed E-state index contributed by atoms with van der Waals surface area (Å²) in [4.78, 5) is 20.2. The normalized spacial score (nSPS) is 12.2. The smallest absolute Gasteiger partial charge is 0.224 e. The van der Waals surface area contributed by atoms with Gasteiger partial charge >= 0.3 is 0 Å². The van der Waals surface area contributed by atoms with Gasteiger partial charge in [0, 0.05) is 23.1 Å². The fourth-order valence-electron chi connectivity index (χ4n) is 3.59. The molecule has 0 saturated carbocycles. The van der Waals surface area contributed by atoms with Gasteiger partial charge in [0.05, 0.1) is 12.5 Å². The molecule has 0 spiro atoms. The van der Waals surface area contributed by atoms with Crippen LogP contribution in [0, 0.1) is 6.92 Å². The van der Waals surface area contributed by atoms with Crippen molar-refractivity contribution in [3.05, 3.63) is 84.1 Å². The van der Waals surface area contributed by atoms with Crippen molar-refractivity contribution in [1.82, 2.24) is 25.1 Å². The number of amides is 1. The summed E-state index contributed by atoms with van der Waals surface area (Å²) >= 11 is 0. The molecule has 1 atom stereocenters. The lowest BCUT2D eigenvalue weighted by Gasteiger charge is -2.19. The molecule has 0 saturated heterocycles. The van der Waals surface area contributed by atoms with Crippen molar-refractivity contribution < 1.29 is 4.79 Å². The van der Waals surface area contributed by atoms with Gasteiger partial charge in [-0.25, -0.2) is 4.98 Å². The number of para-hydroxylation sites is 1. The maximum Gasteiger partial charge on any atom is 0.224 e. The van der Waals surface area contributed by atoms with Gasteiger partial charge in [0.15, 0.2) is 0 Å². The van der Waals surface area contributed by atoms with E-state index >= 15 is 0 Å². The Balaban J connectivity index is 1.50. The summed E-state index contributed by atoms with van der Waals surface area (Å²) in [7, 11) is 0. The molecule has 0 unspecified atom stereocenters. The lowest BCUT2D eigenvalue weighted by molar-refractivity contribution is -0.121. The van der Waals surface area contributed by atoms with Crippen molar-refractivity contribution in [1.29, 1.82) is 0 Å². The van der Waals surface area contributed by atoms with E-state index in [1.165, 1.54) is 6.33 Å². The number of nitrogens with one attached hydrogen (secondary N) is 2. The third kappa shape index (κ3) is 3.96. The summed E-state index contributed by atoms with van der Waals surface area (Å²) in [6.07, 6.45) is 4.31. The number of carbonyl (C=O) groups excluding carboxylic acids is 1. The molecule has 4 aromatic rings. The lowest BCUT2D eigenvalue weighted by Crippen LogP contribution is -2.30. The number of aromatic nitrogens is 4. The minimum Gasteiger partial charge on any atom is -0.358 e. The fourth-order valence-corrected chi connectivity index (χ4v) is 3.59. The molecule has 2 N–H and O–H groups in total. The molecule has 0 bridgehead atoms. The van der Waals surface area contributed by atoms with Crippen LogP contribution in [0.5, 0.6) is 0 Å². The highest BCUT2D eigenvalue weighted by Crippen LogP contribution is 2.23. The van der Waals surface area contributed by atoms with Crippen molar-refractivity contribution in [2.75, 3.05) is 0 Å². The zero-order valence-electron chi connectivity index (χ0n) is 15.8. The molecule has 2 aromatic heterocycles. The molecule has 28 heavy (non-hydrogen) atoms. The van der Waals surface area contributed by atoms with Crippen molar-refractivity contribution >= 4 is 16.8 Å². The maximum absolute atomic E-state index is 12.9. The van der Waals surface area contributed by atoms with Gasteiger partial charge in [0.2, 0.25) is 5.91 Å². The number of fused-ring (bicyclic) bond motifs is 1. The second kappa shape index (κ2) is 8.08. The van der Waals surface area contributed by atoms with Crippen LogP contribution < -0.4 is 5.32 Å². The summed E-state index contributed by atoms with van der Waals surface area (Å²) in [5.74, 6) is 0.0142. The zero-order chi connectivity index (χ0) is 19.3. The first-order valence-electron chi connectivity index (χ1n) is 9.43. The van der Waals surface area contributed by atoms with E-state index in [1.807, 2.05) is 55.5 Å². The third-order valence-electron chi connectivity index (χ3n) is 5.01. The van der Waals surface area contributed by atoms with Crippen LogP contribution in [0.15, 0.2) is 67.3 Å². The molecular formula is C22H23N5O. The van der Waals surface area contributed by atoms with Crippen molar-refractivity contribution in [3.63, 3.8) is 0 Å². The van der Waals surface area contributed by atoms with Crippen molar-refractivity contribution in [2.45, 2.75) is 32.4 Å². The number of hydrogen-bond acceptors (Lipinski definition) is 3. The Labute approximate surface area is 163 Å². The van der Waals surface area contributed by atoms with Gasteiger partial charge in [-0.1, -0.05) is 48.5 Å². The molecule has 6 nitrogen and oxygen atoms in total. The van der Waals surface area contributed by atoms with Crippen molar-refractivity contribution in [3.8, 4) is 0 Å². The van der Waals surface area contributed by atoms with Gasteiger partial charge in [-0.2, -0.15) is 5.10 Å². The summed E-state index contributed by atoms with van der Waals surface area (Å²) in [6.45, 7) is 2.70. The average molecular weight is 373 g/mol. The van der Waals surface area contributed by atoms with Gasteiger partial charge in [0.1, 0.15) is 12.7 Å². The Morgan fingerprint density at radius 2 is 1.93 bits per heavy atom. The van der Waals surface area contributed by atoms with Crippen LogP contribution in [0.2, 0.25) is 0 Å². The Morgan fingerprint density at radius 3 is 2.71 bits per heavy atom. The first-order valence-corrected chi connectivity index (χ1v) is 9.43. The molecule has 0 aliphatic rings. The number of rotatable bonds is 7. The fraction of sp³-hybridized carbons (Fsp3) is 0.227. The number of aryl methyl sites for hydroxylation is 2. The summed E-state index contributed by atoms with van der Waals surface area (Å²) in [5.41, 5.74) is 4.24. The maximum atomic E-state index is 12.9. The molecule has 4 rings (SSSR count). The summed E-state index contributed by atoms with van der Waals surface area (Å²) < 4.78 is 1.78. The van der Waals surface area contributed by atoms with E-state index in [4.69, 9.17) is 0 Å². The van der Waals surface area contributed by atoms with Crippen LogP contribution in [0.4, 0.5) is 0 Å². The minimum atomic E-state index is -0.0802. The lowest BCUT2D eigenvalue weighted by atomic mass is 10.0. The first-order chi connectivity index (χ1) is 13.7. The van der Waals surface area contributed by atoms with Gasteiger partial charge in [0.25, 0.3) is 0 Å². The first kappa shape index (κ1) is 18.0. The molecule has 142 valence electrons. The predicted molar refractivity (Wildman–Crippen MR) is 109 cm³/mol. The molecule has 0 fully saturated rings. The van der Waals surface area contributed by atoms with E-state index in [2.05, 4.69) is 26.4 Å². The highest BCUT2D eigenvalue weighted by molar-refractivity contribution is 5.90. The molecule has 0 radical (unpaired) electrons. The molecule has 2 aromatic carbocycles. The van der Waals surface area contributed by atoms with E-state index in [0.717, 1.165) is 34.1 Å². The Morgan fingerprint density at radius 1 is 1.14 bits per heavy atom. The molecule has 0 aliphatic carbocycles. The Hall–Kier alpha value is -3.41. The highest BCUT2D eigenvalue weighted by Gasteiger charge is 2.17. The summed E-state index contributed by atoms with van der Waals surface area (Å²) in [6, 6.07) is 18.1.